The van der Waals surface area contributed by atoms with Crippen molar-refractivity contribution in [1.82, 2.24) is 15.2 Å². The molecule has 2 rings (SSSR count). The number of hydrogen-bond donors (Lipinski definition) is 1. The molecular formula is C15H25N3. The van der Waals surface area contributed by atoms with Gasteiger partial charge in [0.2, 0.25) is 0 Å². The molecule has 3 nitrogen and oxygen atoms in total. The van der Waals surface area contributed by atoms with E-state index in [1.54, 1.807) is 0 Å². The Balaban J connectivity index is 1.91. The van der Waals surface area contributed by atoms with Crippen LogP contribution in [0.1, 0.15) is 32.3 Å². The fourth-order valence-electron chi connectivity index (χ4n) is 2.69. The molecular weight excluding hydrogens is 222 g/mol. The van der Waals surface area contributed by atoms with Gasteiger partial charge in [-0.25, -0.2) is 0 Å². The van der Waals surface area contributed by atoms with Gasteiger partial charge in [0.1, 0.15) is 0 Å². The minimum Gasteiger partial charge on any atom is -0.313 e. The number of aromatic nitrogens is 1. The number of hydrogen-bond acceptors (Lipinski definition) is 3. The van der Waals surface area contributed by atoms with Crippen molar-refractivity contribution in [3.8, 4) is 0 Å². The SMILES string of the molecule is CC(C)CN(Cc1ccncc1)CC1CCCN1. The van der Waals surface area contributed by atoms with Gasteiger partial charge in [-0.05, 0) is 43.0 Å². The van der Waals surface area contributed by atoms with Crippen LogP contribution in [0, 0.1) is 5.92 Å². The van der Waals surface area contributed by atoms with Crippen molar-refractivity contribution in [2.75, 3.05) is 19.6 Å². The summed E-state index contributed by atoms with van der Waals surface area (Å²) in [6.45, 7) is 9.15. The zero-order valence-electron chi connectivity index (χ0n) is 11.6. The maximum absolute atomic E-state index is 4.09. The van der Waals surface area contributed by atoms with E-state index in [0.29, 0.717) is 12.0 Å². The monoisotopic (exact) mass is 247 g/mol. The second-order valence-electron chi connectivity index (χ2n) is 5.74. The fourth-order valence-corrected chi connectivity index (χ4v) is 2.69. The van der Waals surface area contributed by atoms with E-state index in [4.69, 9.17) is 0 Å². The minimum atomic E-state index is 0.686. The summed E-state index contributed by atoms with van der Waals surface area (Å²) in [5.74, 6) is 0.716. The van der Waals surface area contributed by atoms with E-state index in [9.17, 15) is 0 Å². The van der Waals surface area contributed by atoms with Crippen molar-refractivity contribution in [2.45, 2.75) is 39.3 Å². The second-order valence-corrected chi connectivity index (χ2v) is 5.74. The van der Waals surface area contributed by atoms with Crippen molar-refractivity contribution in [1.29, 1.82) is 0 Å². The Morgan fingerprint density at radius 1 is 1.39 bits per heavy atom. The number of nitrogens with one attached hydrogen (secondary N) is 1. The molecule has 3 heteroatoms. The molecule has 0 amide bonds. The Labute approximate surface area is 111 Å². The summed E-state index contributed by atoms with van der Waals surface area (Å²) >= 11 is 0. The molecule has 0 saturated carbocycles. The van der Waals surface area contributed by atoms with Crippen molar-refractivity contribution in [3.05, 3.63) is 30.1 Å². The average molecular weight is 247 g/mol. The molecule has 2 heterocycles. The molecule has 0 radical (unpaired) electrons. The second kappa shape index (κ2) is 6.86. The van der Waals surface area contributed by atoms with Crippen LogP contribution in [0.5, 0.6) is 0 Å². The third-order valence-electron chi connectivity index (χ3n) is 3.42. The van der Waals surface area contributed by atoms with Crippen LogP contribution in [0.15, 0.2) is 24.5 Å². The summed E-state index contributed by atoms with van der Waals surface area (Å²) in [4.78, 5) is 6.66. The maximum Gasteiger partial charge on any atom is 0.0271 e. The molecule has 0 bridgehead atoms. The first-order valence-corrected chi connectivity index (χ1v) is 7.08. The van der Waals surface area contributed by atoms with Gasteiger partial charge in [-0.2, -0.15) is 0 Å². The first-order chi connectivity index (χ1) is 8.74. The van der Waals surface area contributed by atoms with E-state index in [1.807, 2.05) is 12.4 Å². The van der Waals surface area contributed by atoms with E-state index in [2.05, 4.69) is 41.2 Å². The maximum atomic E-state index is 4.09. The van der Waals surface area contributed by atoms with Crippen molar-refractivity contribution < 1.29 is 0 Å². The molecule has 1 aliphatic rings. The van der Waals surface area contributed by atoms with Crippen molar-refractivity contribution >= 4 is 0 Å². The summed E-state index contributed by atoms with van der Waals surface area (Å²) in [5, 5.41) is 3.59. The van der Waals surface area contributed by atoms with Crippen molar-refractivity contribution in [2.24, 2.45) is 5.92 Å². The number of pyridine rings is 1. The van der Waals surface area contributed by atoms with Gasteiger partial charge in [-0.3, -0.25) is 9.88 Å². The van der Waals surface area contributed by atoms with Crippen LogP contribution < -0.4 is 5.32 Å². The van der Waals surface area contributed by atoms with Gasteiger partial charge in [-0.1, -0.05) is 13.8 Å². The van der Waals surface area contributed by atoms with Gasteiger partial charge in [0.25, 0.3) is 0 Å². The van der Waals surface area contributed by atoms with E-state index in [0.717, 1.165) is 6.54 Å². The molecule has 1 saturated heterocycles. The third-order valence-corrected chi connectivity index (χ3v) is 3.42. The summed E-state index contributed by atoms with van der Waals surface area (Å²) < 4.78 is 0. The zero-order chi connectivity index (χ0) is 12.8. The molecule has 0 aromatic carbocycles. The number of rotatable bonds is 6. The Hall–Kier alpha value is -0.930. The molecule has 1 aromatic rings. The quantitative estimate of drug-likeness (QED) is 0.836. The lowest BCUT2D eigenvalue weighted by Crippen LogP contribution is -2.38. The normalized spacial score (nSPS) is 19.9. The topological polar surface area (TPSA) is 28.2 Å². The molecule has 1 N–H and O–H groups in total. The Morgan fingerprint density at radius 3 is 2.78 bits per heavy atom. The Kier molecular flexibility index (Phi) is 5.14. The lowest BCUT2D eigenvalue weighted by molar-refractivity contribution is 0.216. The summed E-state index contributed by atoms with van der Waals surface area (Å²) in [5.41, 5.74) is 1.36. The summed E-state index contributed by atoms with van der Waals surface area (Å²) in [6, 6.07) is 4.93. The first-order valence-electron chi connectivity index (χ1n) is 7.08. The number of nitrogens with zero attached hydrogens (tertiary/aromatic N) is 2. The minimum absolute atomic E-state index is 0.686. The van der Waals surface area contributed by atoms with E-state index >= 15 is 0 Å². The van der Waals surface area contributed by atoms with Gasteiger partial charge < -0.3 is 5.32 Å². The predicted octanol–water partition coefficient (Wildman–Crippen LogP) is 2.29. The lowest BCUT2D eigenvalue weighted by Gasteiger charge is -2.27. The van der Waals surface area contributed by atoms with Gasteiger partial charge in [0.15, 0.2) is 0 Å². The average Bonchev–Trinajstić information content (AvgIpc) is 2.82. The molecule has 1 atom stereocenters. The van der Waals surface area contributed by atoms with E-state index < -0.39 is 0 Å². The zero-order valence-corrected chi connectivity index (χ0v) is 11.6. The van der Waals surface area contributed by atoms with E-state index in [-0.39, 0.29) is 0 Å². The fraction of sp³-hybridized carbons (Fsp3) is 0.667. The molecule has 1 aromatic heterocycles. The summed E-state index contributed by atoms with van der Waals surface area (Å²) in [6.07, 6.45) is 6.42. The highest BCUT2D eigenvalue weighted by Crippen LogP contribution is 2.11. The first kappa shape index (κ1) is 13.5. The van der Waals surface area contributed by atoms with E-state index in [1.165, 1.54) is 38.0 Å². The molecule has 0 aliphatic carbocycles. The highest BCUT2D eigenvalue weighted by atomic mass is 15.2. The summed E-state index contributed by atoms with van der Waals surface area (Å²) in [7, 11) is 0. The molecule has 0 spiro atoms. The molecule has 18 heavy (non-hydrogen) atoms. The van der Waals surface area contributed by atoms with Crippen LogP contribution in [-0.2, 0) is 6.54 Å². The standard InChI is InChI=1S/C15H25N3/c1-13(2)10-18(12-15-4-3-7-17-15)11-14-5-8-16-9-6-14/h5-6,8-9,13,15,17H,3-4,7,10-12H2,1-2H3. The predicted molar refractivity (Wildman–Crippen MR) is 75.4 cm³/mol. The van der Waals surface area contributed by atoms with Crippen molar-refractivity contribution in [3.63, 3.8) is 0 Å². The van der Waals surface area contributed by atoms with Crippen LogP contribution in [0.2, 0.25) is 0 Å². The highest BCUT2D eigenvalue weighted by Gasteiger charge is 2.18. The largest absolute Gasteiger partial charge is 0.313 e. The van der Waals surface area contributed by atoms with Gasteiger partial charge >= 0.3 is 0 Å². The smallest absolute Gasteiger partial charge is 0.0271 e. The lowest BCUT2D eigenvalue weighted by atomic mass is 10.1. The molecule has 1 unspecified atom stereocenters. The third kappa shape index (κ3) is 4.39. The molecule has 1 fully saturated rings. The van der Waals surface area contributed by atoms with Crippen LogP contribution >= 0.6 is 0 Å². The highest BCUT2D eigenvalue weighted by molar-refractivity contribution is 5.09. The van der Waals surface area contributed by atoms with Gasteiger partial charge in [0, 0.05) is 38.1 Å². The van der Waals surface area contributed by atoms with Crippen LogP contribution in [-0.4, -0.2) is 35.6 Å². The van der Waals surface area contributed by atoms with Gasteiger partial charge in [-0.15, -0.1) is 0 Å². The molecule has 1 aliphatic heterocycles. The van der Waals surface area contributed by atoms with Crippen LogP contribution in [0.25, 0.3) is 0 Å². The van der Waals surface area contributed by atoms with Gasteiger partial charge in [0.05, 0.1) is 0 Å². The molecule has 100 valence electrons. The van der Waals surface area contributed by atoms with Crippen LogP contribution in [0.4, 0.5) is 0 Å². The Morgan fingerprint density at radius 2 is 2.17 bits per heavy atom. The van der Waals surface area contributed by atoms with Crippen LogP contribution in [0.3, 0.4) is 0 Å². The Bertz CT molecular complexity index is 331.